The maximum atomic E-state index is 12.6. The molecule has 2 fully saturated rings. The summed E-state index contributed by atoms with van der Waals surface area (Å²) < 4.78 is 22.9. The fraction of sp³-hybridized carbons (Fsp3) is 0.600. The Hall–Kier alpha value is -1.47. The molecule has 2 aliphatic heterocycles. The summed E-state index contributed by atoms with van der Waals surface area (Å²) in [6.07, 6.45) is 3.68. The van der Waals surface area contributed by atoms with Gasteiger partial charge in [-0.1, -0.05) is 6.07 Å². The van der Waals surface area contributed by atoms with E-state index >= 15 is 0 Å². The fourth-order valence-electron chi connectivity index (χ4n) is 3.14. The molecule has 1 amide bonds. The third kappa shape index (κ3) is 3.47. The highest BCUT2D eigenvalue weighted by atomic mass is 32.2. The molecule has 0 saturated carbocycles. The van der Waals surface area contributed by atoms with Crippen LogP contribution in [0.15, 0.2) is 24.4 Å². The van der Waals surface area contributed by atoms with E-state index in [9.17, 15) is 13.2 Å². The van der Waals surface area contributed by atoms with E-state index in [-0.39, 0.29) is 23.5 Å². The molecule has 0 unspecified atom stereocenters. The second-order valence-corrected chi connectivity index (χ2v) is 8.23. The Morgan fingerprint density at radius 2 is 2.00 bits per heavy atom. The monoisotopic (exact) mass is 323 g/mol. The van der Waals surface area contributed by atoms with E-state index in [1.54, 1.807) is 6.20 Å². The Balaban J connectivity index is 1.62. The van der Waals surface area contributed by atoms with E-state index in [1.807, 2.05) is 28.0 Å². The lowest BCUT2D eigenvalue weighted by Crippen LogP contribution is -2.46. The number of nitrogens with zero attached hydrogens (tertiary/aromatic N) is 3. The first kappa shape index (κ1) is 15.4. The molecule has 0 radical (unpaired) electrons. The van der Waals surface area contributed by atoms with E-state index in [4.69, 9.17) is 0 Å². The minimum Gasteiger partial charge on any atom is -0.333 e. The van der Waals surface area contributed by atoms with E-state index in [0.29, 0.717) is 19.6 Å². The van der Waals surface area contributed by atoms with Crippen LogP contribution in [-0.4, -0.2) is 66.8 Å². The average molecular weight is 323 g/mol. The first-order chi connectivity index (χ1) is 10.6. The number of amides is 1. The minimum absolute atomic E-state index is 0.0576. The number of aromatic nitrogens is 1. The number of carbonyl (C=O) groups is 1. The normalized spacial score (nSPS) is 25.3. The van der Waals surface area contributed by atoms with Gasteiger partial charge >= 0.3 is 0 Å². The molecule has 6 nitrogen and oxygen atoms in total. The van der Waals surface area contributed by atoms with Crippen molar-refractivity contribution in [3.8, 4) is 0 Å². The number of rotatable bonds is 3. The van der Waals surface area contributed by atoms with Gasteiger partial charge in [0.1, 0.15) is 0 Å². The lowest BCUT2D eigenvalue weighted by molar-refractivity contribution is -0.133. The van der Waals surface area contributed by atoms with Gasteiger partial charge in [0.25, 0.3) is 0 Å². The Labute approximate surface area is 131 Å². The van der Waals surface area contributed by atoms with E-state index in [0.717, 1.165) is 25.1 Å². The predicted octanol–water partition coefficient (Wildman–Crippen LogP) is 0.476. The highest BCUT2D eigenvalue weighted by molar-refractivity contribution is 7.91. The number of pyridine rings is 1. The number of hydrogen-bond donors (Lipinski definition) is 0. The van der Waals surface area contributed by atoms with Crippen molar-refractivity contribution in [2.75, 3.05) is 37.7 Å². The molecule has 0 bridgehead atoms. The van der Waals surface area contributed by atoms with Crippen LogP contribution < -0.4 is 0 Å². The molecular formula is C15H21N3O3S. The molecule has 7 heteroatoms. The number of carbonyl (C=O) groups excluding carboxylic acids is 1. The molecule has 120 valence electrons. The molecule has 2 saturated heterocycles. The molecule has 3 rings (SSSR count). The maximum absolute atomic E-state index is 12.6. The van der Waals surface area contributed by atoms with Crippen molar-refractivity contribution in [3.05, 3.63) is 30.1 Å². The van der Waals surface area contributed by atoms with E-state index in [2.05, 4.69) is 4.98 Å². The fourth-order valence-corrected chi connectivity index (χ4v) is 4.41. The van der Waals surface area contributed by atoms with Crippen molar-refractivity contribution in [3.63, 3.8) is 0 Å². The smallest absolute Gasteiger partial charge is 0.237 e. The lowest BCUT2D eigenvalue weighted by Gasteiger charge is -2.30. The van der Waals surface area contributed by atoms with Crippen LogP contribution in [0, 0.1) is 0 Å². The summed E-state index contributed by atoms with van der Waals surface area (Å²) in [4.78, 5) is 20.8. The second kappa shape index (κ2) is 6.34. The molecule has 0 aromatic carbocycles. The van der Waals surface area contributed by atoms with Crippen molar-refractivity contribution in [1.29, 1.82) is 0 Å². The third-order valence-corrected chi connectivity index (χ3v) is 6.01. The number of likely N-dealkylation sites (tertiary alicyclic amines) is 1. The molecule has 1 aromatic heterocycles. The van der Waals surface area contributed by atoms with Crippen LogP contribution in [0.2, 0.25) is 0 Å². The summed E-state index contributed by atoms with van der Waals surface area (Å²) in [5.74, 6) is 0.390. The standard InChI is InChI=1S/C15H21N3O3S/c19-15(12-17-8-10-22(20,21)11-9-17)18-7-3-5-14(18)13-4-1-2-6-16-13/h1-2,4,6,14H,3,5,7-12H2/t14-/m1/s1. The Bertz CT molecular complexity index is 619. The molecule has 2 aliphatic rings. The summed E-state index contributed by atoms with van der Waals surface area (Å²) >= 11 is 0. The molecule has 3 heterocycles. The van der Waals surface area contributed by atoms with Gasteiger partial charge in [-0.15, -0.1) is 0 Å². The van der Waals surface area contributed by atoms with Crippen LogP contribution in [0.1, 0.15) is 24.6 Å². The van der Waals surface area contributed by atoms with E-state index < -0.39 is 9.84 Å². The molecular weight excluding hydrogens is 302 g/mol. The van der Waals surface area contributed by atoms with Gasteiger partial charge in [0.2, 0.25) is 5.91 Å². The summed E-state index contributed by atoms with van der Waals surface area (Å²) in [6, 6.07) is 5.84. The number of hydrogen-bond acceptors (Lipinski definition) is 5. The topological polar surface area (TPSA) is 70.6 Å². The third-order valence-electron chi connectivity index (χ3n) is 4.40. The van der Waals surface area contributed by atoms with Gasteiger partial charge in [0, 0.05) is 25.8 Å². The van der Waals surface area contributed by atoms with Gasteiger partial charge in [-0.05, 0) is 25.0 Å². The summed E-state index contributed by atoms with van der Waals surface area (Å²) in [7, 11) is -2.90. The lowest BCUT2D eigenvalue weighted by atomic mass is 10.1. The molecule has 0 spiro atoms. The summed E-state index contributed by atoms with van der Waals surface area (Å²) in [5.41, 5.74) is 0.939. The van der Waals surface area contributed by atoms with Crippen molar-refractivity contribution in [1.82, 2.24) is 14.8 Å². The largest absolute Gasteiger partial charge is 0.333 e. The van der Waals surface area contributed by atoms with Gasteiger partial charge in [-0.25, -0.2) is 8.42 Å². The van der Waals surface area contributed by atoms with Crippen LogP contribution in [0.25, 0.3) is 0 Å². The quantitative estimate of drug-likeness (QED) is 0.809. The van der Waals surface area contributed by atoms with Crippen LogP contribution in [0.5, 0.6) is 0 Å². The Morgan fingerprint density at radius 1 is 1.23 bits per heavy atom. The SMILES string of the molecule is O=C(CN1CCS(=O)(=O)CC1)N1CCC[C@@H]1c1ccccn1. The van der Waals surface area contributed by atoms with Gasteiger partial charge in [0.15, 0.2) is 9.84 Å². The average Bonchev–Trinajstić information content (AvgIpc) is 3.00. The molecule has 1 aromatic rings. The maximum Gasteiger partial charge on any atom is 0.237 e. The highest BCUT2D eigenvalue weighted by Gasteiger charge is 2.32. The molecule has 0 aliphatic carbocycles. The van der Waals surface area contributed by atoms with E-state index in [1.165, 1.54) is 0 Å². The summed E-state index contributed by atoms with van der Waals surface area (Å²) in [6.45, 7) is 1.97. The van der Waals surface area contributed by atoms with Gasteiger partial charge in [-0.2, -0.15) is 0 Å². The van der Waals surface area contributed by atoms with Crippen LogP contribution in [0.3, 0.4) is 0 Å². The van der Waals surface area contributed by atoms with Gasteiger partial charge in [-0.3, -0.25) is 14.7 Å². The first-order valence-electron chi connectivity index (χ1n) is 7.68. The van der Waals surface area contributed by atoms with Crippen molar-refractivity contribution in [2.24, 2.45) is 0 Å². The first-order valence-corrected chi connectivity index (χ1v) is 9.50. The van der Waals surface area contributed by atoms with Crippen molar-refractivity contribution < 1.29 is 13.2 Å². The second-order valence-electron chi connectivity index (χ2n) is 5.93. The minimum atomic E-state index is -2.90. The molecule has 22 heavy (non-hydrogen) atoms. The van der Waals surface area contributed by atoms with Crippen LogP contribution in [-0.2, 0) is 14.6 Å². The number of sulfone groups is 1. The van der Waals surface area contributed by atoms with Crippen molar-refractivity contribution >= 4 is 15.7 Å². The zero-order chi connectivity index (χ0) is 15.6. The van der Waals surface area contributed by atoms with Gasteiger partial charge < -0.3 is 4.90 Å². The summed E-state index contributed by atoms with van der Waals surface area (Å²) in [5, 5.41) is 0. The zero-order valence-corrected chi connectivity index (χ0v) is 13.3. The highest BCUT2D eigenvalue weighted by Crippen LogP contribution is 2.30. The Kier molecular flexibility index (Phi) is 4.44. The van der Waals surface area contributed by atoms with Crippen LogP contribution in [0.4, 0.5) is 0 Å². The van der Waals surface area contributed by atoms with Gasteiger partial charge in [0.05, 0.1) is 29.8 Å². The Morgan fingerprint density at radius 3 is 2.68 bits per heavy atom. The molecule has 0 N–H and O–H groups in total. The molecule has 1 atom stereocenters. The van der Waals surface area contributed by atoms with Crippen LogP contribution >= 0.6 is 0 Å². The van der Waals surface area contributed by atoms with Crippen molar-refractivity contribution in [2.45, 2.75) is 18.9 Å². The predicted molar refractivity (Wildman–Crippen MR) is 83.0 cm³/mol. The zero-order valence-electron chi connectivity index (χ0n) is 12.5.